The second kappa shape index (κ2) is 8.85. The zero-order valence-electron chi connectivity index (χ0n) is 16.7. The van der Waals surface area contributed by atoms with Crippen molar-refractivity contribution >= 4 is 5.95 Å². The summed E-state index contributed by atoms with van der Waals surface area (Å²) in [6, 6.07) is 17.6. The fourth-order valence-corrected chi connectivity index (χ4v) is 2.79. The summed E-state index contributed by atoms with van der Waals surface area (Å²) < 4.78 is 0. The van der Waals surface area contributed by atoms with Crippen molar-refractivity contribution in [1.82, 2.24) is 15.3 Å². The summed E-state index contributed by atoms with van der Waals surface area (Å²) in [5.41, 5.74) is 4.45. The van der Waals surface area contributed by atoms with Crippen molar-refractivity contribution < 1.29 is 5.11 Å². The molecule has 5 nitrogen and oxygen atoms in total. The highest BCUT2D eigenvalue weighted by atomic mass is 16.3. The first-order valence-corrected chi connectivity index (χ1v) is 9.58. The van der Waals surface area contributed by atoms with Gasteiger partial charge in [-0.1, -0.05) is 30.3 Å². The van der Waals surface area contributed by atoms with Crippen LogP contribution in [0, 0.1) is 0 Å². The third-order valence-corrected chi connectivity index (χ3v) is 4.33. The number of hydrogen-bond donors (Lipinski definition) is 3. The molecule has 0 aliphatic rings. The fourth-order valence-electron chi connectivity index (χ4n) is 2.79. The molecule has 3 aromatic rings. The van der Waals surface area contributed by atoms with E-state index in [4.69, 9.17) is 0 Å². The van der Waals surface area contributed by atoms with E-state index in [1.807, 2.05) is 18.2 Å². The lowest BCUT2D eigenvalue weighted by Crippen LogP contribution is -2.35. The Kier molecular flexibility index (Phi) is 6.26. The first kappa shape index (κ1) is 19.8. The Hall–Kier alpha value is -2.92. The molecule has 0 saturated heterocycles. The molecule has 28 heavy (non-hydrogen) atoms. The van der Waals surface area contributed by atoms with Crippen molar-refractivity contribution in [3.63, 3.8) is 0 Å². The number of rotatable bonds is 7. The van der Waals surface area contributed by atoms with Crippen molar-refractivity contribution in [2.75, 3.05) is 11.9 Å². The minimum absolute atomic E-state index is 0.0828. The number of aromatic hydroxyl groups is 1. The lowest BCUT2D eigenvalue weighted by molar-refractivity contribution is 0.424. The Morgan fingerprint density at radius 3 is 2.50 bits per heavy atom. The van der Waals surface area contributed by atoms with E-state index in [2.05, 4.69) is 65.6 Å². The minimum Gasteiger partial charge on any atom is -0.508 e. The fraction of sp³-hybridized carbons (Fsp3) is 0.304. The number of nitrogens with one attached hydrogen (secondary N) is 2. The topological polar surface area (TPSA) is 70.1 Å². The van der Waals surface area contributed by atoms with E-state index in [0.29, 0.717) is 5.95 Å². The second-order valence-electron chi connectivity index (χ2n) is 7.91. The molecule has 3 N–H and O–H groups in total. The lowest BCUT2D eigenvalue weighted by atomic mass is 10.1. The summed E-state index contributed by atoms with van der Waals surface area (Å²) in [6.07, 6.45) is 2.62. The third kappa shape index (κ3) is 6.06. The second-order valence-corrected chi connectivity index (χ2v) is 7.91. The Balaban J connectivity index is 1.63. The van der Waals surface area contributed by atoms with Crippen molar-refractivity contribution in [1.29, 1.82) is 0 Å². The molecule has 0 aliphatic heterocycles. The molecule has 0 saturated carbocycles. The van der Waals surface area contributed by atoms with Crippen LogP contribution < -0.4 is 10.6 Å². The Bertz CT molecular complexity index is 901. The van der Waals surface area contributed by atoms with E-state index in [9.17, 15) is 5.11 Å². The molecule has 0 atom stereocenters. The van der Waals surface area contributed by atoms with Gasteiger partial charge < -0.3 is 15.7 Å². The van der Waals surface area contributed by atoms with Crippen LogP contribution in [0.3, 0.4) is 0 Å². The Morgan fingerprint density at radius 2 is 1.75 bits per heavy atom. The van der Waals surface area contributed by atoms with Crippen LogP contribution in [0.5, 0.6) is 5.75 Å². The minimum atomic E-state index is 0.0828. The number of benzene rings is 2. The SMILES string of the molecule is CC(C)(C)NCc1cccc(-c2ccnc(NCCc3ccc(O)cc3)n2)c1. The molecule has 2 aromatic carbocycles. The van der Waals surface area contributed by atoms with E-state index in [0.717, 1.165) is 36.3 Å². The normalized spacial score (nSPS) is 11.4. The van der Waals surface area contributed by atoms with Gasteiger partial charge >= 0.3 is 0 Å². The van der Waals surface area contributed by atoms with Gasteiger partial charge in [0.15, 0.2) is 0 Å². The van der Waals surface area contributed by atoms with Gasteiger partial charge in [0.1, 0.15) is 5.75 Å². The van der Waals surface area contributed by atoms with Gasteiger partial charge in [-0.05, 0) is 62.6 Å². The molecule has 3 rings (SSSR count). The summed E-state index contributed by atoms with van der Waals surface area (Å²) in [5, 5.41) is 16.1. The summed E-state index contributed by atoms with van der Waals surface area (Å²) in [6.45, 7) is 8.04. The molecule has 0 spiro atoms. The predicted molar refractivity (Wildman–Crippen MR) is 114 cm³/mol. The average Bonchev–Trinajstić information content (AvgIpc) is 2.68. The zero-order valence-corrected chi connectivity index (χ0v) is 16.7. The number of anilines is 1. The molecule has 146 valence electrons. The number of phenols is 1. The maximum absolute atomic E-state index is 9.35. The Morgan fingerprint density at radius 1 is 0.964 bits per heavy atom. The third-order valence-electron chi connectivity index (χ3n) is 4.33. The van der Waals surface area contributed by atoms with Crippen molar-refractivity contribution in [2.24, 2.45) is 0 Å². The number of aromatic nitrogens is 2. The molecule has 0 unspecified atom stereocenters. The van der Waals surface area contributed by atoms with Gasteiger partial charge in [0, 0.05) is 30.4 Å². The van der Waals surface area contributed by atoms with Crippen LogP contribution in [-0.2, 0) is 13.0 Å². The van der Waals surface area contributed by atoms with Gasteiger partial charge in [-0.3, -0.25) is 0 Å². The molecular formula is C23H28N4O. The smallest absolute Gasteiger partial charge is 0.223 e. The standard InChI is InChI=1S/C23H28N4O/c1-23(2,3)26-16-18-5-4-6-19(15-18)21-12-14-25-22(27-21)24-13-11-17-7-9-20(28)10-8-17/h4-10,12,14-15,26,28H,11,13,16H2,1-3H3,(H,24,25,27). The van der Waals surface area contributed by atoms with E-state index in [1.54, 1.807) is 18.3 Å². The van der Waals surface area contributed by atoms with Crippen molar-refractivity contribution in [3.05, 3.63) is 71.9 Å². The lowest BCUT2D eigenvalue weighted by Gasteiger charge is -2.20. The molecule has 0 fully saturated rings. The van der Waals surface area contributed by atoms with Gasteiger partial charge in [0.05, 0.1) is 5.69 Å². The highest BCUT2D eigenvalue weighted by molar-refractivity contribution is 5.60. The van der Waals surface area contributed by atoms with E-state index >= 15 is 0 Å². The van der Waals surface area contributed by atoms with Crippen LogP contribution in [0.2, 0.25) is 0 Å². The maximum atomic E-state index is 9.35. The van der Waals surface area contributed by atoms with E-state index in [-0.39, 0.29) is 11.3 Å². The van der Waals surface area contributed by atoms with Crippen LogP contribution in [-0.4, -0.2) is 27.2 Å². The molecule has 0 aliphatic carbocycles. The highest BCUT2D eigenvalue weighted by Crippen LogP contribution is 2.19. The van der Waals surface area contributed by atoms with E-state index in [1.165, 1.54) is 5.56 Å². The van der Waals surface area contributed by atoms with Crippen LogP contribution >= 0.6 is 0 Å². The first-order chi connectivity index (χ1) is 13.4. The highest BCUT2D eigenvalue weighted by Gasteiger charge is 2.09. The summed E-state index contributed by atoms with van der Waals surface area (Å²) in [5.74, 6) is 0.905. The van der Waals surface area contributed by atoms with Crippen molar-refractivity contribution in [2.45, 2.75) is 39.3 Å². The average molecular weight is 377 g/mol. The predicted octanol–water partition coefficient (Wildman–Crippen LogP) is 4.39. The molecule has 5 heteroatoms. The van der Waals surface area contributed by atoms with Gasteiger partial charge in [-0.15, -0.1) is 0 Å². The molecule has 1 aromatic heterocycles. The van der Waals surface area contributed by atoms with E-state index < -0.39 is 0 Å². The van der Waals surface area contributed by atoms with Crippen LogP contribution in [0.4, 0.5) is 5.95 Å². The van der Waals surface area contributed by atoms with Crippen LogP contribution in [0.15, 0.2) is 60.8 Å². The van der Waals surface area contributed by atoms with Gasteiger partial charge in [0.25, 0.3) is 0 Å². The summed E-state index contributed by atoms with van der Waals surface area (Å²) >= 11 is 0. The van der Waals surface area contributed by atoms with Crippen molar-refractivity contribution in [3.8, 4) is 17.0 Å². The largest absolute Gasteiger partial charge is 0.508 e. The zero-order chi connectivity index (χ0) is 20.0. The van der Waals surface area contributed by atoms with Crippen LogP contribution in [0.1, 0.15) is 31.9 Å². The first-order valence-electron chi connectivity index (χ1n) is 9.58. The monoisotopic (exact) mass is 376 g/mol. The number of hydrogen-bond acceptors (Lipinski definition) is 5. The molecule has 0 radical (unpaired) electrons. The van der Waals surface area contributed by atoms with Gasteiger partial charge in [0.2, 0.25) is 5.95 Å². The van der Waals surface area contributed by atoms with Gasteiger partial charge in [-0.25, -0.2) is 9.97 Å². The number of nitrogens with zero attached hydrogens (tertiary/aromatic N) is 2. The number of phenolic OH excluding ortho intramolecular Hbond substituents is 1. The quantitative estimate of drug-likeness (QED) is 0.570. The molecule has 0 amide bonds. The van der Waals surface area contributed by atoms with Crippen LogP contribution in [0.25, 0.3) is 11.3 Å². The maximum Gasteiger partial charge on any atom is 0.223 e. The summed E-state index contributed by atoms with van der Waals surface area (Å²) in [4.78, 5) is 8.98. The molecular weight excluding hydrogens is 348 g/mol. The molecule has 0 bridgehead atoms. The Labute approximate surface area is 166 Å². The summed E-state index contributed by atoms with van der Waals surface area (Å²) in [7, 11) is 0. The molecule has 1 heterocycles. The van der Waals surface area contributed by atoms with Gasteiger partial charge in [-0.2, -0.15) is 0 Å².